The fourth-order valence-electron chi connectivity index (χ4n) is 1.97. The van der Waals surface area contributed by atoms with Crippen molar-refractivity contribution in [1.82, 2.24) is 10.2 Å². The van der Waals surface area contributed by atoms with Crippen molar-refractivity contribution in [3.63, 3.8) is 0 Å². The van der Waals surface area contributed by atoms with Gasteiger partial charge >= 0.3 is 0 Å². The number of piperazine rings is 1. The minimum atomic E-state index is -0.786. The van der Waals surface area contributed by atoms with E-state index in [0.29, 0.717) is 13.2 Å². The molecule has 5 nitrogen and oxygen atoms in total. The van der Waals surface area contributed by atoms with Crippen LogP contribution >= 0.6 is 0 Å². The molecule has 1 aliphatic heterocycles. The van der Waals surface area contributed by atoms with Gasteiger partial charge in [0.2, 0.25) is 11.8 Å². The van der Waals surface area contributed by atoms with Crippen molar-refractivity contribution < 1.29 is 14.3 Å². The van der Waals surface area contributed by atoms with Gasteiger partial charge in [-0.2, -0.15) is 0 Å². The van der Waals surface area contributed by atoms with Crippen molar-refractivity contribution in [2.75, 3.05) is 26.3 Å². The Morgan fingerprint density at radius 1 is 1.41 bits per heavy atom. The molecule has 0 atom stereocenters. The molecule has 2 fully saturated rings. The number of carbonyl (C=O) groups is 2. The molecule has 0 aromatic rings. The maximum absolute atomic E-state index is 12.0. The molecular formula is C12H20N2O3. The standard InChI is InChI=1S/C12H20N2O3/c1-12(2)11(16)14(7-10(15)13-12)5-6-17-8-9-3-4-9/h9H,3-8H2,1-2H3,(H,13,15). The summed E-state index contributed by atoms with van der Waals surface area (Å²) in [6.07, 6.45) is 2.52. The van der Waals surface area contributed by atoms with Crippen LogP contribution in [0.4, 0.5) is 0 Å². The Bertz CT molecular complexity index is 324. The zero-order chi connectivity index (χ0) is 12.5. The third-order valence-electron chi connectivity index (χ3n) is 3.16. The van der Waals surface area contributed by atoms with Crippen molar-refractivity contribution in [2.24, 2.45) is 5.92 Å². The van der Waals surface area contributed by atoms with Gasteiger partial charge in [-0.3, -0.25) is 9.59 Å². The van der Waals surface area contributed by atoms with Crippen LogP contribution in [-0.2, 0) is 14.3 Å². The zero-order valence-corrected chi connectivity index (χ0v) is 10.5. The molecule has 2 aliphatic rings. The highest BCUT2D eigenvalue weighted by Gasteiger charge is 2.38. The van der Waals surface area contributed by atoms with Gasteiger partial charge in [0, 0.05) is 13.2 Å². The van der Waals surface area contributed by atoms with Gasteiger partial charge in [0.05, 0.1) is 13.2 Å². The molecule has 1 saturated heterocycles. The lowest BCUT2D eigenvalue weighted by Gasteiger charge is -2.37. The van der Waals surface area contributed by atoms with Crippen LogP contribution in [0.3, 0.4) is 0 Å². The third kappa shape index (κ3) is 3.19. The highest BCUT2D eigenvalue weighted by atomic mass is 16.5. The smallest absolute Gasteiger partial charge is 0.248 e. The molecule has 0 aromatic carbocycles. The van der Waals surface area contributed by atoms with Crippen LogP contribution < -0.4 is 5.32 Å². The number of hydrogen-bond donors (Lipinski definition) is 1. The van der Waals surface area contributed by atoms with Gasteiger partial charge in [-0.15, -0.1) is 0 Å². The third-order valence-corrected chi connectivity index (χ3v) is 3.16. The fraction of sp³-hybridized carbons (Fsp3) is 0.833. The number of nitrogens with zero attached hydrogens (tertiary/aromatic N) is 1. The van der Waals surface area contributed by atoms with Crippen LogP contribution in [-0.4, -0.2) is 48.6 Å². The highest BCUT2D eigenvalue weighted by molar-refractivity contribution is 5.97. The van der Waals surface area contributed by atoms with Crippen LogP contribution in [0, 0.1) is 5.92 Å². The Morgan fingerprint density at radius 2 is 2.12 bits per heavy atom. The van der Waals surface area contributed by atoms with Crippen LogP contribution in [0.25, 0.3) is 0 Å². The topological polar surface area (TPSA) is 58.6 Å². The highest BCUT2D eigenvalue weighted by Crippen LogP contribution is 2.28. The number of rotatable bonds is 5. The van der Waals surface area contributed by atoms with Crippen molar-refractivity contribution in [1.29, 1.82) is 0 Å². The second kappa shape index (κ2) is 4.64. The summed E-state index contributed by atoms with van der Waals surface area (Å²) in [7, 11) is 0. The van der Waals surface area contributed by atoms with E-state index in [2.05, 4.69) is 5.32 Å². The first kappa shape index (κ1) is 12.4. The van der Waals surface area contributed by atoms with Gasteiger partial charge in [-0.1, -0.05) is 0 Å². The Morgan fingerprint density at radius 3 is 2.76 bits per heavy atom. The van der Waals surface area contributed by atoms with Gasteiger partial charge in [0.1, 0.15) is 5.54 Å². The molecular weight excluding hydrogens is 220 g/mol. The fourth-order valence-corrected chi connectivity index (χ4v) is 1.97. The summed E-state index contributed by atoms with van der Waals surface area (Å²) in [5.41, 5.74) is -0.786. The largest absolute Gasteiger partial charge is 0.379 e. The van der Waals surface area contributed by atoms with Crippen LogP contribution in [0.2, 0.25) is 0 Å². The molecule has 2 rings (SSSR count). The molecule has 1 heterocycles. The predicted molar refractivity (Wildman–Crippen MR) is 62.3 cm³/mol. The Hall–Kier alpha value is -1.10. The van der Waals surface area contributed by atoms with E-state index in [9.17, 15) is 9.59 Å². The molecule has 0 radical (unpaired) electrons. The molecule has 0 bridgehead atoms. The van der Waals surface area contributed by atoms with E-state index in [1.54, 1.807) is 18.7 Å². The second-order valence-electron chi connectivity index (χ2n) is 5.42. The molecule has 5 heteroatoms. The maximum Gasteiger partial charge on any atom is 0.248 e. The van der Waals surface area contributed by atoms with Crippen LogP contribution in [0.1, 0.15) is 26.7 Å². The van der Waals surface area contributed by atoms with Crippen LogP contribution in [0.5, 0.6) is 0 Å². The van der Waals surface area contributed by atoms with E-state index in [1.807, 2.05) is 0 Å². The Kier molecular flexibility index (Phi) is 3.38. The molecule has 0 aromatic heterocycles. The van der Waals surface area contributed by atoms with Crippen LogP contribution in [0.15, 0.2) is 0 Å². The van der Waals surface area contributed by atoms with Crippen molar-refractivity contribution in [2.45, 2.75) is 32.2 Å². The van der Waals surface area contributed by atoms with Gasteiger partial charge in [0.15, 0.2) is 0 Å². The lowest BCUT2D eigenvalue weighted by molar-refractivity contribution is -0.149. The molecule has 96 valence electrons. The molecule has 1 N–H and O–H groups in total. The van der Waals surface area contributed by atoms with Gasteiger partial charge in [-0.05, 0) is 32.6 Å². The lowest BCUT2D eigenvalue weighted by Crippen LogP contribution is -2.64. The van der Waals surface area contributed by atoms with Crippen molar-refractivity contribution in [3.8, 4) is 0 Å². The minimum absolute atomic E-state index is 0.0351. The van der Waals surface area contributed by atoms with E-state index in [1.165, 1.54) is 12.8 Å². The van der Waals surface area contributed by atoms with E-state index >= 15 is 0 Å². The number of hydrogen-bond acceptors (Lipinski definition) is 3. The number of amides is 2. The zero-order valence-electron chi connectivity index (χ0n) is 10.5. The van der Waals surface area contributed by atoms with Crippen molar-refractivity contribution >= 4 is 11.8 Å². The first-order valence-electron chi connectivity index (χ1n) is 6.17. The normalized spacial score (nSPS) is 23.8. The molecule has 1 aliphatic carbocycles. The average molecular weight is 240 g/mol. The molecule has 0 spiro atoms. The Labute approximate surface area is 101 Å². The van der Waals surface area contributed by atoms with E-state index < -0.39 is 5.54 Å². The summed E-state index contributed by atoms with van der Waals surface area (Å²) in [5, 5.41) is 2.68. The molecule has 17 heavy (non-hydrogen) atoms. The Balaban J connectivity index is 1.77. The van der Waals surface area contributed by atoms with Crippen molar-refractivity contribution in [3.05, 3.63) is 0 Å². The second-order valence-corrected chi connectivity index (χ2v) is 5.42. The predicted octanol–water partition coefficient (Wildman–Crippen LogP) is 0.150. The number of carbonyl (C=O) groups excluding carboxylic acids is 2. The number of nitrogens with one attached hydrogen (secondary N) is 1. The molecule has 1 saturated carbocycles. The van der Waals surface area contributed by atoms with Gasteiger partial charge in [-0.25, -0.2) is 0 Å². The number of ether oxygens (including phenoxy) is 1. The minimum Gasteiger partial charge on any atom is -0.379 e. The monoisotopic (exact) mass is 240 g/mol. The summed E-state index contributed by atoms with van der Waals surface area (Å²) in [6, 6.07) is 0. The SMILES string of the molecule is CC1(C)NC(=O)CN(CCOCC2CC2)C1=O. The first-order chi connectivity index (χ1) is 7.99. The quantitative estimate of drug-likeness (QED) is 0.696. The van der Waals surface area contributed by atoms with E-state index in [4.69, 9.17) is 4.74 Å². The van der Waals surface area contributed by atoms with Gasteiger partial charge in [0.25, 0.3) is 0 Å². The molecule has 0 unspecified atom stereocenters. The summed E-state index contributed by atoms with van der Waals surface area (Å²) < 4.78 is 5.49. The molecule has 2 amide bonds. The maximum atomic E-state index is 12.0. The summed E-state index contributed by atoms with van der Waals surface area (Å²) >= 11 is 0. The van der Waals surface area contributed by atoms with E-state index in [-0.39, 0.29) is 18.4 Å². The van der Waals surface area contributed by atoms with Gasteiger partial charge < -0.3 is 15.0 Å². The summed E-state index contributed by atoms with van der Waals surface area (Å²) in [4.78, 5) is 25.0. The summed E-state index contributed by atoms with van der Waals surface area (Å²) in [6.45, 7) is 5.41. The van der Waals surface area contributed by atoms with E-state index in [0.717, 1.165) is 12.5 Å². The lowest BCUT2D eigenvalue weighted by atomic mass is 10.0. The summed E-state index contributed by atoms with van der Waals surface area (Å²) in [5.74, 6) is 0.593. The first-order valence-corrected chi connectivity index (χ1v) is 6.17. The average Bonchev–Trinajstić information content (AvgIpc) is 3.02.